The van der Waals surface area contributed by atoms with E-state index in [0.717, 1.165) is 11.1 Å². The summed E-state index contributed by atoms with van der Waals surface area (Å²) in [5.41, 5.74) is 16.7. The van der Waals surface area contributed by atoms with E-state index >= 15 is 0 Å². The summed E-state index contributed by atoms with van der Waals surface area (Å²) in [5.74, 6) is 0. The summed E-state index contributed by atoms with van der Waals surface area (Å²) in [6, 6.07) is 18.5. The molecular weight excluding hydrogens is 280 g/mol. The monoisotopic (exact) mass is 306 g/mol. The van der Waals surface area contributed by atoms with Gasteiger partial charge >= 0.3 is 0 Å². The van der Waals surface area contributed by atoms with Crippen molar-refractivity contribution in [2.45, 2.75) is 32.4 Å². The van der Waals surface area contributed by atoms with Crippen LogP contribution >= 0.6 is 0 Å². The minimum atomic E-state index is -0.464. The first-order valence-corrected chi connectivity index (χ1v) is 7.93. The van der Waals surface area contributed by atoms with Gasteiger partial charge in [0, 0.05) is 0 Å². The van der Waals surface area contributed by atoms with Crippen molar-refractivity contribution in [2.24, 2.45) is 11.5 Å². The molecule has 0 radical (unpaired) electrons. The zero-order valence-electron chi connectivity index (χ0n) is 14.2. The predicted molar refractivity (Wildman–Crippen MR) is 100 cm³/mol. The summed E-state index contributed by atoms with van der Waals surface area (Å²) in [4.78, 5) is 0. The first-order chi connectivity index (χ1) is 10.9. The smallest absolute Gasteiger partial charge is 0.0517 e. The Morgan fingerprint density at radius 1 is 0.913 bits per heavy atom. The van der Waals surface area contributed by atoms with Gasteiger partial charge in [0.2, 0.25) is 0 Å². The molecule has 4 N–H and O–H groups in total. The molecule has 0 spiro atoms. The highest BCUT2D eigenvalue weighted by molar-refractivity contribution is 5.74. The van der Waals surface area contributed by atoms with Crippen molar-refractivity contribution in [2.75, 3.05) is 0 Å². The average Bonchev–Trinajstić information content (AvgIpc) is 2.51. The molecule has 0 heterocycles. The van der Waals surface area contributed by atoms with E-state index in [1.54, 1.807) is 0 Å². The van der Waals surface area contributed by atoms with E-state index in [2.05, 4.69) is 44.2 Å². The normalized spacial score (nSPS) is 22.8. The molecule has 2 unspecified atom stereocenters. The van der Waals surface area contributed by atoms with Gasteiger partial charge in [-0.1, -0.05) is 84.0 Å². The topological polar surface area (TPSA) is 52.0 Å². The fourth-order valence-electron chi connectivity index (χ4n) is 2.54. The summed E-state index contributed by atoms with van der Waals surface area (Å²) < 4.78 is 0. The largest absolute Gasteiger partial charge is 0.322 e. The SMILES string of the molecule is Cc1cccc(C2=CC=CC(C)(N)C2N)c1.Cc1ccccc1. The molecule has 0 saturated heterocycles. The number of rotatable bonds is 1. The molecule has 0 aromatic heterocycles. The van der Waals surface area contributed by atoms with Crippen LogP contribution in [0, 0.1) is 13.8 Å². The lowest BCUT2D eigenvalue weighted by atomic mass is 9.81. The molecule has 2 aromatic carbocycles. The van der Waals surface area contributed by atoms with E-state index in [0.29, 0.717) is 0 Å². The van der Waals surface area contributed by atoms with Crippen LogP contribution in [0.15, 0.2) is 72.8 Å². The zero-order valence-corrected chi connectivity index (χ0v) is 14.2. The van der Waals surface area contributed by atoms with Crippen LogP contribution in [0.2, 0.25) is 0 Å². The number of nitrogens with two attached hydrogens (primary N) is 2. The van der Waals surface area contributed by atoms with Crippen molar-refractivity contribution in [3.8, 4) is 0 Å². The molecule has 0 aliphatic heterocycles. The third-order valence-corrected chi connectivity index (χ3v) is 4.03. The highest BCUT2D eigenvalue weighted by Gasteiger charge is 2.29. The number of benzene rings is 2. The third-order valence-electron chi connectivity index (χ3n) is 4.03. The molecule has 0 bridgehead atoms. The van der Waals surface area contributed by atoms with Gasteiger partial charge < -0.3 is 11.5 Å². The van der Waals surface area contributed by atoms with Crippen molar-refractivity contribution in [1.82, 2.24) is 0 Å². The van der Waals surface area contributed by atoms with Crippen LogP contribution in [-0.2, 0) is 0 Å². The lowest BCUT2D eigenvalue weighted by Gasteiger charge is -2.33. The minimum absolute atomic E-state index is 0.153. The maximum atomic E-state index is 6.19. The molecule has 2 aromatic rings. The third kappa shape index (κ3) is 4.65. The highest BCUT2D eigenvalue weighted by Crippen LogP contribution is 2.27. The number of hydrogen-bond acceptors (Lipinski definition) is 2. The summed E-state index contributed by atoms with van der Waals surface area (Å²) in [6.45, 7) is 6.12. The van der Waals surface area contributed by atoms with Gasteiger partial charge in [-0.15, -0.1) is 0 Å². The summed E-state index contributed by atoms with van der Waals surface area (Å²) >= 11 is 0. The first-order valence-electron chi connectivity index (χ1n) is 7.93. The molecule has 120 valence electrons. The van der Waals surface area contributed by atoms with Crippen LogP contribution in [0.5, 0.6) is 0 Å². The Morgan fingerprint density at radius 3 is 2.13 bits per heavy atom. The van der Waals surface area contributed by atoms with Crippen LogP contribution in [0.25, 0.3) is 5.57 Å². The number of aryl methyl sites for hydroxylation is 2. The van der Waals surface area contributed by atoms with E-state index in [4.69, 9.17) is 11.5 Å². The summed E-state index contributed by atoms with van der Waals surface area (Å²) in [6.07, 6.45) is 5.99. The van der Waals surface area contributed by atoms with E-state index < -0.39 is 5.54 Å². The first kappa shape index (κ1) is 17.2. The molecule has 0 fully saturated rings. The Hall–Kier alpha value is -2.16. The van der Waals surface area contributed by atoms with Crippen LogP contribution in [0.4, 0.5) is 0 Å². The van der Waals surface area contributed by atoms with Gasteiger partial charge in [0.25, 0.3) is 0 Å². The maximum absolute atomic E-state index is 6.19. The number of allylic oxidation sites excluding steroid dienone is 2. The molecule has 0 amide bonds. The molecule has 2 heteroatoms. The molecule has 2 atom stereocenters. The second-order valence-electron chi connectivity index (χ2n) is 6.35. The zero-order chi connectivity index (χ0) is 16.9. The Morgan fingerprint density at radius 2 is 1.57 bits per heavy atom. The van der Waals surface area contributed by atoms with Crippen molar-refractivity contribution in [3.05, 3.63) is 89.5 Å². The van der Waals surface area contributed by atoms with Crippen LogP contribution < -0.4 is 11.5 Å². The molecule has 1 aliphatic carbocycles. The Labute approximate surface area is 139 Å². The van der Waals surface area contributed by atoms with Crippen LogP contribution in [0.3, 0.4) is 0 Å². The van der Waals surface area contributed by atoms with Crippen molar-refractivity contribution >= 4 is 5.57 Å². The predicted octanol–water partition coefficient (Wildman–Crippen LogP) is 3.99. The van der Waals surface area contributed by atoms with E-state index in [-0.39, 0.29) is 6.04 Å². The van der Waals surface area contributed by atoms with Crippen LogP contribution in [0.1, 0.15) is 23.6 Å². The van der Waals surface area contributed by atoms with Crippen LogP contribution in [-0.4, -0.2) is 11.6 Å². The Balaban J connectivity index is 0.000000229. The van der Waals surface area contributed by atoms with Gasteiger partial charge in [0.1, 0.15) is 0 Å². The van der Waals surface area contributed by atoms with Gasteiger partial charge in [-0.3, -0.25) is 0 Å². The minimum Gasteiger partial charge on any atom is -0.322 e. The fourth-order valence-corrected chi connectivity index (χ4v) is 2.54. The second-order valence-corrected chi connectivity index (χ2v) is 6.35. The highest BCUT2D eigenvalue weighted by atomic mass is 14.8. The van der Waals surface area contributed by atoms with Gasteiger partial charge in [0.05, 0.1) is 11.6 Å². The molecule has 3 rings (SSSR count). The number of hydrogen-bond donors (Lipinski definition) is 2. The lowest BCUT2D eigenvalue weighted by Crippen LogP contribution is -2.52. The van der Waals surface area contributed by atoms with Gasteiger partial charge in [-0.25, -0.2) is 0 Å². The van der Waals surface area contributed by atoms with Crippen molar-refractivity contribution in [1.29, 1.82) is 0 Å². The van der Waals surface area contributed by atoms with E-state index in [9.17, 15) is 0 Å². The Bertz CT molecular complexity index is 697. The average molecular weight is 306 g/mol. The van der Waals surface area contributed by atoms with Gasteiger partial charge in [-0.05, 0) is 31.9 Å². The second kappa shape index (κ2) is 7.40. The molecule has 1 aliphatic rings. The lowest BCUT2D eigenvalue weighted by molar-refractivity contribution is 0.525. The molecular formula is C21H26N2. The standard InChI is InChI=1S/C14H18N2.C7H8/c1-10-5-3-6-11(9-10)12-7-4-8-14(2,16)13(12)15;1-7-5-3-2-4-6-7/h3-9,13H,15-16H2,1-2H3;2-6H,1H3. The van der Waals surface area contributed by atoms with E-state index in [1.807, 2.05) is 49.4 Å². The van der Waals surface area contributed by atoms with Gasteiger partial charge in [0.15, 0.2) is 0 Å². The Kier molecular flexibility index (Phi) is 5.54. The maximum Gasteiger partial charge on any atom is 0.0517 e. The molecule has 0 saturated carbocycles. The van der Waals surface area contributed by atoms with Crippen molar-refractivity contribution < 1.29 is 0 Å². The quantitative estimate of drug-likeness (QED) is 0.837. The molecule has 2 nitrogen and oxygen atoms in total. The van der Waals surface area contributed by atoms with Gasteiger partial charge in [-0.2, -0.15) is 0 Å². The fraction of sp³-hybridized carbons (Fsp3) is 0.238. The van der Waals surface area contributed by atoms with E-state index in [1.165, 1.54) is 11.1 Å². The molecule has 23 heavy (non-hydrogen) atoms. The summed E-state index contributed by atoms with van der Waals surface area (Å²) in [7, 11) is 0. The summed E-state index contributed by atoms with van der Waals surface area (Å²) in [5, 5.41) is 0. The van der Waals surface area contributed by atoms with Crippen molar-refractivity contribution in [3.63, 3.8) is 0 Å².